The van der Waals surface area contributed by atoms with Crippen molar-refractivity contribution in [3.8, 4) is 0 Å². The van der Waals surface area contributed by atoms with Crippen molar-refractivity contribution in [2.45, 2.75) is 94.6 Å². The molecule has 184 valence electrons. The summed E-state index contributed by atoms with van der Waals surface area (Å²) in [5, 5.41) is 0.541. The Morgan fingerprint density at radius 2 is 1.50 bits per heavy atom. The molecule has 0 unspecified atom stereocenters. The molecule has 0 saturated heterocycles. The van der Waals surface area contributed by atoms with Gasteiger partial charge in [0.25, 0.3) is 0 Å². The zero-order chi connectivity index (χ0) is 23.4. The molecule has 0 heterocycles. The molecule has 0 bridgehead atoms. The number of sulfonamides is 1. The van der Waals surface area contributed by atoms with Gasteiger partial charge >= 0.3 is 0 Å². The van der Waals surface area contributed by atoms with Crippen molar-refractivity contribution < 1.29 is 13.2 Å². The highest BCUT2D eigenvalue weighted by atomic mass is 35.5. The van der Waals surface area contributed by atoms with E-state index in [1.807, 2.05) is 0 Å². The predicted octanol–water partition coefficient (Wildman–Crippen LogP) is 5.97. The van der Waals surface area contributed by atoms with Crippen LogP contribution < -0.4 is 0 Å². The fourth-order valence-corrected chi connectivity index (χ4v) is 5.92. The van der Waals surface area contributed by atoms with Gasteiger partial charge in [-0.2, -0.15) is 4.31 Å². The molecule has 0 atom stereocenters. The van der Waals surface area contributed by atoms with Crippen molar-refractivity contribution in [1.29, 1.82) is 0 Å². The average molecular weight is 487 g/mol. The summed E-state index contributed by atoms with van der Waals surface area (Å²) in [6, 6.07) is 6.43. The number of hydrogen-bond acceptors (Lipinski definition) is 4. The molecule has 0 radical (unpaired) electrons. The minimum atomic E-state index is -3.49. The normalized spacial score (nSPS) is 19.7. The molecule has 1 aromatic rings. The van der Waals surface area contributed by atoms with E-state index in [1.54, 1.807) is 31.3 Å². The molecule has 0 N–H and O–H groups in total. The third kappa shape index (κ3) is 9.30. The summed E-state index contributed by atoms with van der Waals surface area (Å²) in [5.41, 5.74) is 0. The van der Waals surface area contributed by atoms with Crippen molar-refractivity contribution in [2.75, 3.05) is 33.8 Å². The van der Waals surface area contributed by atoms with Crippen LogP contribution in [-0.2, 0) is 14.8 Å². The highest BCUT2D eigenvalue weighted by Crippen LogP contribution is 2.28. The molecule has 5 nitrogen and oxygen atoms in total. The number of halogens is 1. The first-order valence-electron chi connectivity index (χ1n) is 12.4. The lowest BCUT2D eigenvalue weighted by Gasteiger charge is -2.34. The highest BCUT2D eigenvalue weighted by molar-refractivity contribution is 7.89. The lowest BCUT2D eigenvalue weighted by atomic mass is 9.93. The predicted molar refractivity (Wildman–Crippen MR) is 134 cm³/mol. The standard InChI is InChI=1S/C25H43ClN2O3S/c1-4-5-8-19-27(2)20-9-6-7-10-21-31-24-15-13-23(14-16-24)28(3)32(29,30)25-17-11-22(26)12-18-25/h11-12,17-18,23-24H,4-10,13-16,19-21H2,1-3H3. The van der Waals surface area contributed by atoms with Crippen molar-refractivity contribution in [2.24, 2.45) is 0 Å². The van der Waals surface area contributed by atoms with Crippen molar-refractivity contribution in [3.63, 3.8) is 0 Å². The molecule has 0 aromatic heterocycles. The summed E-state index contributed by atoms with van der Waals surface area (Å²) in [6.07, 6.45) is 12.6. The molecule has 32 heavy (non-hydrogen) atoms. The Morgan fingerprint density at radius 1 is 0.906 bits per heavy atom. The second-order valence-corrected chi connectivity index (χ2v) is 11.6. The number of benzene rings is 1. The monoisotopic (exact) mass is 486 g/mol. The van der Waals surface area contributed by atoms with E-state index in [-0.39, 0.29) is 12.1 Å². The molecule has 7 heteroatoms. The number of hydrogen-bond donors (Lipinski definition) is 0. The van der Waals surface area contributed by atoms with Gasteiger partial charge in [-0.1, -0.05) is 44.2 Å². The van der Waals surface area contributed by atoms with E-state index in [0.29, 0.717) is 9.92 Å². The Hall–Kier alpha value is -0.660. The second kappa shape index (κ2) is 14.6. The molecule has 1 aliphatic rings. The molecule has 2 rings (SSSR count). The summed E-state index contributed by atoms with van der Waals surface area (Å²) >= 11 is 5.89. The van der Waals surface area contributed by atoms with Gasteiger partial charge in [0.05, 0.1) is 11.0 Å². The van der Waals surface area contributed by atoms with Gasteiger partial charge < -0.3 is 9.64 Å². The number of nitrogens with zero attached hydrogens (tertiary/aromatic N) is 2. The number of unbranched alkanes of at least 4 members (excludes halogenated alkanes) is 5. The van der Waals surface area contributed by atoms with Gasteiger partial charge in [0.2, 0.25) is 10.0 Å². The molecule has 1 saturated carbocycles. The van der Waals surface area contributed by atoms with Crippen LogP contribution in [0.25, 0.3) is 0 Å². The van der Waals surface area contributed by atoms with Crippen molar-refractivity contribution in [1.82, 2.24) is 9.21 Å². The lowest BCUT2D eigenvalue weighted by Crippen LogP contribution is -2.40. The molecule has 1 aromatic carbocycles. The number of rotatable bonds is 15. The average Bonchev–Trinajstić information content (AvgIpc) is 2.79. The van der Waals surface area contributed by atoms with E-state index in [1.165, 1.54) is 55.9 Å². The van der Waals surface area contributed by atoms with Crippen molar-refractivity contribution in [3.05, 3.63) is 29.3 Å². The highest BCUT2D eigenvalue weighted by Gasteiger charge is 2.31. The Kier molecular flexibility index (Phi) is 12.6. The van der Waals surface area contributed by atoms with Crippen LogP contribution in [0.3, 0.4) is 0 Å². The fourth-order valence-electron chi connectivity index (χ4n) is 4.38. The van der Waals surface area contributed by atoms with Gasteiger partial charge in [-0.3, -0.25) is 0 Å². The van der Waals surface area contributed by atoms with Gasteiger partial charge in [0.1, 0.15) is 0 Å². The Balaban J connectivity index is 1.58. The number of ether oxygens (including phenoxy) is 1. The molecule has 0 amide bonds. The van der Waals surface area contributed by atoms with E-state index in [9.17, 15) is 8.42 Å². The first-order chi connectivity index (χ1) is 15.3. The van der Waals surface area contributed by atoms with E-state index >= 15 is 0 Å². The third-order valence-corrected chi connectivity index (χ3v) is 8.76. The first-order valence-corrected chi connectivity index (χ1v) is 14.2. The van der Waals surface area contributed by atoms with Crippen LogP contribution in [0, 0.1) is 0 Å². The fraction of sp³-hybridized carbons (Fsp3) is 0.760. The van der Waals surface area contributed by atoms with Crippen LogP contribution in [0.2, 0.25) is 5.02 Å². The zero-order valence-corrected chi connectivity index (χ0v) is 21.8. The summed E-state index contributed by atoms with van der Waals surface area (Å²) in [4.78, 5) is 2.75. The quantitative estimate of drug-likeness (QED) is 0.286. The molecular weight excluding hydrogens is 444 g/mol. The third-order valence-electron chi connectivity index (χ3n) is 6.58. The van der Waals surface area contributed by atoms with Gasteiger partial charge in [-0.15, -0.1) is 0 Å². The van der Waals surface area contributed by atoms with E-state index in [0.717, 1.165) is 38.7 Å². The van der Waals surface area contributed by atoms with Crippen LogP contribution in [0.5, 0.6) is 0 Å². The van der Waals surface area contributed by atoms with Crippen molar-refractivity contribution >= 4 is 21.6 Å². The van der Waals surface area contributed by atoms with Gasteiger partial charge in [-0.25, -0.2) is 8.42 Å². The summed E-state index contributed by atoms with van der Waals surface area (Å²) in [7, 11) is 0.436. The molecular formula is C25H43ClN2O3S. The minimum Gasteiger partial charge on any atom is -0.378 e. The minimum absolute atomic E-state index is 0.0323. The van der Waals surface area contributed by atoms with Crippen LogP contribution in [0.15, 0.2) is 29.2 Å². The maximum Gasteiger partial charge on any atom is 0.243 e. The topological polar surface area (TPSA) is 49.9 Å². The Morgan fingerprint density at radius 3 is 2.12 bits per heavy atom. The van der Waals surface area contributed by atoms with Crippen LogP contribution in [0.1, 0.15) is 77.6 Å². The Labute approximate surface area is 201 Å². The lowest BCUT2D eigenvalue weighted by molar-refractivity contribution is 0.0156. The molecule has 1 fully saturated rings. The van der Waals surface area contributed by atoms with Crippen LogP contribution >= 0.6 is 11.6 Å². The first kappa shape index (κ1) is 27.6. The van der Waals surface area contributed by atoms with E-state index in [4.69, 9.17) is 16.3 Å². The van der Waals surface area contributed by atoms with E-state index in [2.05, 4.69) is 18.9 Å². The summed E-state index contributed by atoms with van der Waals surface area (Å²) in [6.45, 7) is 5.48. The van der Waals surface area contributed by atoms with Crippen LogP contribution in [-0.4, -0.2) is 63.6 Å². The molecule has 1 aliphatic carbocycles. The maximum absolute atomic E-state index is 12.9. The largest absolute Gasteiger partial charge is 0.378 e. The van der Waals surface area contributed by atoms with Gasteiger partial charge in [0, 0.05) is 24.7 Å². The smallest absolute Gasteiger partial charge is 0.243 e. The SMILES string of the molecule is CCCCCN(C)CCCCCCOC1CCC(N(C)S(=O)(=O)c2ccc(Cl)cc2)CC1. The van der Waals surface area contributed by atoms with Gasteiger partial charge in [0.15, 0.2) is 0 Å². The molecule has 0 spiro atoms. The van der Waals surface area contributed by atoms with Gasteiger partial charge in [-0.05, 0) is 89.3 Å². The summed E-state index contributed by atoms with van der Waals surface area (Å²) < 4.78 is 33.4. The maximum atomic E-state index is 12.9. The van der Waals surface area contributed by atoms with Crippen LogP contribution in [0.4, 0.5) is 0 Å². The zero-order valence-electron chi connectivity index (χ0n) is 20.3. The van der Waals surface area contributed by atoms with E-state index < -0.39 is 10.0 Å². The second-order valence-electron chi connectivity index (χ2n) is 9.20. The summed E-state index contributed by atoms with van der Waals surface area (Å²) in [5.74, 6) is 0. The molecule has 0 aliphatic heterocycles. The Bertz CT molecular complexity index is 734.